The molecule has 0 bridgehead atoms. The molecule has 150 valence electrons. The Balaban J connectivity index is 1.63. The number of fused-ring (bicyclic) bond motifs is 1. The Hall–Kier alpha value is -1.89. The fourth-order valence-corrected chi connectivity index (χ4v) is 5.10. The third-order valence-corrected chi connectivity index (χ3v) is 7.02. The van der Waals surface area contributed by atoms with Crippen LogP contribution in [0.3, 0.4) is 0 Å². The van der Waals surface area contributed by atoms with Crippen LogP contribution in [0.15, 0.2) is 53.4 Å². The van der Waals surface area contributed by atoms with Gasteiger partial charge in [0, 0.05) is 18.8 Å². The average Bonchev–Trinajstić information content (AvgIpc) is 2.68. The van der Waals surface area contributed by atoms with Gasteiger partial charge in [0.1, 0.15) is 11.9 Å². The van der Waals surface area contributed by atoms with E-state index >= 15 is 0 Å². The summed E-state index contributed by atoms with van der Waals surface area (Å²) in [7, 11) is -3.21. The molecule has 3 atom stereocenters. The summed E-state index contributed by atoms with van der Waals surface area (Å²) in [5, 5.41) is 0. The van der Waals surface area contributed by atoms with E-state index in [0.717, 1.165) is 38.8 Å². The molecular formula is C22H28N2O3S. The van der Waals surface area contributed by atoms with E-state index < -0.39 is 9.84 Å². The van der Waals surface area contributed by atoms with Crippen LogP contribution >= 0.6 is 0 Å². The van der Waals surface area contributed by atoms with Crippen LogP contribution in [0.25, 0.3) is 0 Å². The van der Waals surface area contributed by atoms with Gasteiger partial charge in [-0.25, -0.2) is 8.42 Å². The second-order valence-electron chi connectivity index (χ2n) is 7.98. The van der Waals surface area contributed by atoms with Crippen LogP contribution in [-0.4, -0.2) is 44.7 Å². The second kappa shape index (κ2) is 7.85. The first-order chi connectivity index (χ1) is 13.4. The van der Waals surface area contributed by atoms with E-state index in [4.69, 9.17) is 10.5 Å². The first kappa shape index (κ1) is 19.4. The topological polar surface area (TPSA) is 72.6 Å². The van der Waals surface area contributed by atoms with Gasteiger partial charge in [0.05, 0.1) is 10.9 Å². The number of nitrogens with zero attached hydrogens (tertiary/aromatic N) is 1. The van der Waals surface area contributed by atoms with Gasteiger partial charge in [-0.15, -0.1) is 0 Å². The third kappa shape index (κ3) is 4.09. The third-order valence-electron chi connectivity index (χ3n) is 5.89. The number of benzene rings is 2. The number of nitrogens with two attached hydrogens (primary N) is 1. The van der Waals surface area contributed by atoms with E-state index in [2.05, 4.69) is 29.2 Å². The highest BCUT2D eigenvalue weighted by molar-refractivity contribution is 7.90. The van der Waals surface area contributed by atoms with E-state index in [1.165, 1.54) is 17.4 Å². The first-order valence-electron chi connectivity index (χ1n) is 9.96. The van der Waals surface area contributed by atoms with Crippen molar-refractivity contribution in [2.24, 2.45) is 5.73 Å². The number of hydrogen-bond donors (Lipinski definition) is 1. The number of hydrogen-bond acceptors (Lipinski definition) is 5. The Bertz CT molecular complexity index is 927. The molecular weight excluding hydrogens is 372 g/mol. The molecule has 2 aromatic carbocycles. The Morgan fingerprint density at radius 2 is 1.82 bits per heavy atom. The summed E-state index contributed by atoms with van der Waals surface area (Å²) >= 11 is 0. The summed E-state index contributed by atoms with van der Waals surface area (Å²) in [5.74, 6) is 0.695. The van der Waals surface area contributed by atoms with Crippen molar-refractivity contribution in [3.05, 3.63) is 59.7 Å². The van der Waals surface area contributed by atoms with E-state index in [1.807, 2.05) is 0 Å². The zero-order chi connectivity index (χ0) is 19.7. The minimum absolute atomic E-state index is 0.0840. The molecule has 1 saturated heterocycles. The van der Waals surface area contributed by atoms with Gasteiger partial charge in [-0.05, 0) is 67.6 Å². The highest BCUT2D eigenvalue weighted by Gasteiger charge is 2.36. The molecule has 1 heterocycles. The largest absolute Gasteiger partial charge is 0.484 e. The van der Waals surface area contributed by atoms with Crippen LogP contribution in [0.5, 0.6) is 5.75 Å². The van der Waals surface area contributed by atoms with E-state index in [-0.39, 0.29) is 18.2 Å². The lowest BCUT2D eigenvalue weighted by Gasteiger charge is -2.43. The van der Waals surface area contributed by atoms with Crippen molar-refractivity contribution in [3.63, 3.8) is 0 Å². The van der Waals surface area contributed by atoms with Gasteiger partial charge in [-0.3, -0.25) is 4.90 Å². The van der Waals surface area contributed by atoms with E-state index in [1.54, 1.807) is 24.3 Å². The normalized spacial score (nSPS) is 25.9. The summed E-state index contributed by atoms with van der Waals surface area (Å²) < 4.78 is 29.9. The van der Waals surface area contributed by atoms with Crippen molar-refractivity contribution < 1.29 is 13.2 Å². The standard InChI is InChI=1S/C22H28N2O3S/c1-28(25,26)19-11-9-18(10-12-19)27-22-20-7-3-2-5-16(20)8-13-21(22)24-14-4-6-17(23)15-24/h2-3,5,7,9-12,17,21-22H,4,6,8,13-15,23H2,1H3/t17-,21-,22-/m0/s1. The number of likely N-dealkylation sites (tertiary alicyclic amines) is 1. The summed E-state index contributed by atoms with van der Waals surface area (Å²) in [6.45, 7) is 1.95. The molecule has 0 saturated carbocycles. The van der Waals surface area contributed by atoms with Gasteiger partial charge in [0.15, 0.2) is 9.84 Å². The van der Waals surface area contributed by atoms with Crippen molar-refractivity contribution in [2.75, 3.05) is 19.3 Å². The second-order valence-corrected chi connectivity index (χ2v) is 10.00. The van der Waals surface area contributed by atoms with E-state index in [9.17, 15) is 8.42 Å². The molecule has 2 aliphatic rings. The van der Waals surface area contributed by atoms with Crippen LogP contribution in [0.1, 0.15) is 36.5 Å². The van der Waals surface area contributed by atoms with Gasteiger partial charge in [-0.2, -0.15) is 0 Å². The van der Waals surface area contributed by atoms with Gasteiger partial charge < -0.3 is 10.5 Å². The fraction of sp³-hybridized carbons (Fsp3) is 0.455. The predicted molar refractivity (Wildman–Crippen MR) is 110 cm³/mol. The van der Waals surface area contributed by atoms with Crippen LogP contribution in [0, 0.1) is 0 Å². The molecule has 6 heteroatoms. The van der Waals surface area contributed by atoms with Gasteiger partial charge >= 0.3 is 0 Å². The summed E-state index contributed by atoms with van der Waals surface area (Å²) in [6, 6.07) is 15.7. The average molecular weight is 401 g/mol. The number of aryl methyl sites for hydroxylation is 1. The molecule has 2 aromatic rings. The molecule has 0 unspecified atom stereocenters. The lowest BCUT2D eigenvalue weighted by atomic mass is 9.84. The zero-order valence-electron chi connectivity index (χ0n) is 16.3. The molecule has 0 spiro atoms. The highest BCUT2D eigenvalue weighted by atomic mass is 32.2. The lowest BCUT2D eigenvalue weighted by Crippen LogP contribution is -2.51. The monoisotopic (exact) mass is 400 g/mol. The molecule has 2 N–H and O–H groups in total. The Morgan fingerprint density at radius 3 is 2.54 bits per heavy atom. The van der Waals surface area contributed by atoms with Crippen molar-refractivity contribution in [1.29, 1.82) is 0 Å². The molecule has 5 nitrogen and oxygen atoms in total. The molecule has 1 aliphatic heterocycles. The van der Waals surface area contributed by atoms with Crippen molar-refractivity contribution in [3.8, 4) is 5.75 Å². The maximum absolute atomic E-state index is 11.7. The summed E-state index contributed by atoms with van der Waals surface area (Å²) in [4.78, 5) is 2.79. The number of sulfone groups is 1. The number of ether oxygens (including phenoxy) is 1. The van der Waals surface area contributed by atoms with E-state index in [0.29, 0.717) is 10.6 Å². The molecule has 28 heavy (non-hydrogen) atoms. The molecule has 0 amide bonds. The number of rotatable bonds is 4. The van der Waals surface area contributed by atoms with Crippen molar-refractivity contribution in [1.82, 2.24) is 4.90 Å². The molecule has 4 rings (SSSR count). The predicted octanol–water partition coefficient (Wildman–Crippen LogP) is 2.95. The maximum atomic E-state index is 11.7. The van der Waals surface area contributed by atoms with Crippen LogP contribution < -0.4 is 10.5 Å². The minimum Gasteiger partial charge on any atom is -0.484 e. The summed E-state index contributed by atoms with van der Waals surface area (Å²) in [6.07, 6.45) is 5.41. The van der Waals surface area contributed by atoms with Gasteiger partial charge in [0.2, 0.25) is 0 Å². The maximum Gasteiger partial charge on any atom is 0.175 e. The smallest absolute Gasteiger partial charge is 0.175 e. The first-order valence-corrected chi connectivity index (χ1v) is 11.8. The molecule has 1 fully saturated rings. The van der Waals surface area contributed by atoms with Crippen molar-refractivity contribution >= 4 is 9.84 Å². The zero-order valence-corrected chi connectivity index (χ0v) is 17.1. The Kier molecular flexibility index (Phi) is 5.45. The minimum atomic E-state index is -3.21. The van der Waals surface area contributed by atoms with Gasteiger partial charge in [-0.1, -0.05) is 24.3 Å². The Labute approximate surface area is 167 Å². The fourth-order valence-electron chi connectivity index (χ4n) is 4.47. The van der Waals surface area contributed by atoms with Crippen LogP contribution in [0.4, 0.5) is 0 Å². The highest BCUT2D eigenvalue weighted by Crippen LogP contribution is 2.37. The molecule has 0 aromatic heterocycles. The lowest BCUT2D eigenvalue weighted by molar-refractivity contribution is 0.0367. The molecule has 0 radical (unpaired) electrons. The van der Waals surface area contributed by atoms with Crippen LogP contribution in [0.2, 0.25) is 0 Å². The number of piperidine rings is 1. The van der Waals surface area contributed by atoms with Gasteiger partial charge in [0.25, 0.3) is 0 Å². The summed E-state index contributed by atoms with van der Waals surface area (Å²) in [5.41, 5.74) is 8.80. The SMILES string of the molecule is CS(=O)(=O)c1ccc(O[C@H]2c3ccccc3CC[C@@H]2N2CCC[C@H](N)C2)cc1. The quantitative estimate of drug-likeness (QED) is 0.854. The Morgan fingerprint density at radius 1 is 1.07 bits per heavy atom. The van der Waals surface area contributed by atoms with Crippen molar-refractivity contribution in [2.45, 2.75) is 48.8 Å². The van der Waals surface area contributed by atoms with Crippen LogP contribution in [-0.2, 0) is 16.3 Å². The molecule has 1 aliphatic carbocycles.